The van der Waals surface area contributed by atoms with E-state index in [9.17, 15) is 0 Å². The minimum absolute atomic E-state index is 0.0602. The lowest BCUT2D eigenvalue weighted by molar-refractivity contribution is -0.0765. The molecule has 3 heteroatoms. The Bertz CT molecular complexity index is 153. The van der Waals surface area contributed by atoms with Crippen LogP contribution in [0.1, 0.15) is 13.3 Å². The summed E-state index contributed by atoms with van der Waals surface area (Å²) in [5, 5.41) is 0.720. The molecule has 2 atom stereocenters. The van der Waals surface area contributed by atoms with Crippen LogP contribution in [0.2, 0.25) is 0 Å². The first kappa shape index (κ1) is 6.95. The Hall–Kier alpha value is 0.270. The quantitative estimate of drug-likeness (QED) is 0.525. The Labute approximate surface area is 65.9 Å². The molecule has 0 N–H and O–H groups in total. The van der Waals surface area contributed by atoms with E-state index < -0.39 is 0 Å². The normalized spacial score (nSPS) is 48.0. The van der Waals surface area contributed by atoms with E-state index in [1.165, 1.54) is 13.0 Å². The summed E-state index contributed by atoms with van der Waals surface area (Å²) in [6.45, 7) is 3.39. The molecule has 2 fully saturated rings. The fraction of sp³-hybridized carbons (Fsp3) is 1.00. The largest absolute Gasteiger partial charge is 0.349 e. The zero-order valence-corrected chi connectivity index (χ0v) is 7.28. The molecule has 0 radical (unpaired) electrons. The second-order valence-electron chi connectivity index (χ2n) is 3.18. The lowest BCUT2D eigenvalue weighted by atomic mass is 10.2. The predicted molar refractivity (Wildman–Crippen MR) is 43.0 cm³/mol. The van der Waals surface area contributed by atoms with E-state index in [1.54, 1.807) is 0 Å². The van der Waals surface area contributed by atoms with Gasteiger partial charge in [-0.1, -0.05) is 0 Å². The molecule has 2 aliphatic rings. The molecule has 0 aromatic carbocycles. The molecule has 0 saturated carbocycles. The van der Waals surface area contributed by atoms with Crippen molar-refractivity contribution in [2.45, 2.75) is 24.3 Å². The van der Waals surface area contributed by atoms with Gasteiger partial charge in [0.2, 0.25) is 0 Å². The van der Waals surface area contributed by atoms with Gasteiger partial charge in [0.25, 0.3) is 0 Å². The first-order chi connectivity index (χ1) is 4.73. The number of nitrogens with zero attached hydrogens (tertiary/aromatic N) is 1. The van der Waals surface area contributed by atoms with Crippen LogP contribution < -0.4 is 0 Å². The third kappa shape index (κ3) is 0.742. The third-order valence-electron chi connectivity index (χ3n) is 2.70. The van der Waals surface area contributed by atoms with Gasteiger partial charge < -0.3 is 4.74 Å². The molecule has 58 valence electrons. The number of hydrogen-bond acceptors (Lipinski definition) is 3. The Morgan fingerprint density at radius 1 is 1.70 bits per heavy atom. The topological polar surface area (TPSA) is 12.5 Å². The van der Waals surface area contributed by atoms with Crippen LogP contribution in [-0.2, 0) is 4.74 Å². The highest BCUT2D eigenvalue weighted by Gasteiger charge is 2.48. The number of likely N-dealkylation sites (tertiary alicyclic amines) is 1. The van der Waals surface area contributed by atoms with Gasteiger partial charge in [-0.15, -0.1) is 11.8 Å². The fourth-order valence-corrected chi connectivity index (χ4v) is 3.02. The molecule has 2 saturated heterocycles. The van der Waals surface area contributed by atoms with E-state index in [0.29, 0.717) is 0 Å². The molecule has 2 heterocycles. The molecule has 10 heavy (non-hydrogen) atoms. The van der Waals surface area contributed by atoms with E-state index in [1.807, 2.05) is 11.8 Å². The summed E-state index contributed by atoms with van der Waals surface area (Å²) in [7, 11) is 2.14. The molecule has 0 spiro atoms. The van der Waals surface area contributed by atoms with Crippen LogP contribution in [0.4, 0.5) is 0 Å². The highest BCUT2D eigenvalue weighted by molar-refractivity contribution is 8.00. The van der Waals surface area contributed by atoms with Crippen molar-refractivity contribution in [2.75, 3.05) is 19.5 Å². The molecule has 2 nitrogen and oxygen atoms in total. The van der Waals surface area contributed by atoms with Gasteiger partial charge >= 0.3 is 0 Å². The van der Waals surface area contributed by atoms with Crippen LogP contribution in [0.3, 0.4) is 0 Å². The predicted octanol–water partition coefficient (Wildman–Crippen LogP) is 1.13. The first-order valence-corrected chi connectivity index (χ1v) is 4.75. The van der Waals surface area contributed by atoms with Gasteiger partial charge in [-0.3, -0.25) is 4.90 Å². The maximum Gasteiger partial charge on any atom is 0.131 e. The molecule has 0 aliphatic carbocycles. The average molecular weight is 159 g/mol. The summed E-state index contributed by atoms with van der Waals surface area (Å²) in [4.78, 5) is 2.32. The van der Waals surface area contributed by atoms with Crippen molar-refractivity contribution in [3.05, 3.63) is 0 Å². The Kier molecular flexibility index (Phi) is 1.48. The van der Waals surface area contributed by atoms with Crippen LogP contribution in [0.5, 0.6) is 0 Å². The van der Waals surface area contributed by atoms with Crippen LogP contribution in [0.25, 0.3) is 0 Å². The maximum atomic E-state index is 5.67. The van der Waals surface area contributed by atoms with E-state index in [4.69, 9.17) is 4.74 Å². The van der Waals surface area contributed by atoms with Crippen LogP contribution >= 0.6 is 11.8 Å². The monoisotopic (exact) mass is 159 g/mol. The highest BCUT2D eigenvalue weighted by Crippen LogP contribution is 2.43. The van der Waals surface area contributed by atoms with Gasteiger partial charge in [0.15, 0.2) is 0 Å². The number of hydrogen-bond donors (Lipinski definition) is 0. The molecule has 2 aliphatic heterocycles. The van der Waals surface area contributed by atoms with Crippen molar-refractivity contribution in [2.24, 2.45) is 0 Å². The SMILES string of the molecule is CN1CCC2SCOC21C. The van der Waals surface area contributed by atoms with E-state index in [0.717, 1.165) is 11.2 Å². The second-order valence-corrected chi connectivity index (χ2v) is 4.32. The Morgan fingerprint density at radius 3 is 3.20 bits per heavy atom. The standard InChI is InChI=1S/C7H13NOS/c1-7-6(10-5-9-7)3-4-8(7)2/h6H,3-5H2,1-2H3. The molecular formula is C7H13NOS. The van der Waals surface area contributed by atoms with Crippen molar-refractivity contribution >= 4 is 11.8 Å². The summed E-state index contributed by atoms with van der Waals surface area (Å²) in [6, 6.07) is 0. The lowest BCUT2D eigenvalue weighted by Crippen LogP contribution is -2.43. The number of rotatable bonds is 0. The van der Waals surface area contributed by atoms with Crippen LogP contribution in [0, 0.1) is 0 Å². The molecule has 2 unspecified atom stereocenters. The molecule has 0 bridgehead atoms. The van der Waals surface area contributed by atoms with Crippen molar-refractivity contribution in [3.8, 4) is 0 Å². The van der Waals surface area contributed by atoms with Gasteiger partial charge in [-0.25, -0.2) is 0 Å². The molecule has 2 rings (SSSR count). The summed E-state index contributed by atoms with van der Waals surface area (Å²) in [5.74, 6) is 0.880. The minimum Gasteiger partial charge on any atom is -0.349 e. The van der Waals surface area contributed by atoms with Gasteiger partial charge in [0, 0.05) is 6.54 Å². The molecule has 0 aromatic heterocycles. The average Bonchev–Trinajstić information content (AvgIpc) is 2.36. The zero-order chi connectivity index (χ0) is 7.19. The Balaban J connectivity index is 2.21. The number of ether oxygens (including phenoxy) is 1. The minimum atomic E-state index is 0.0602. The Morgan fingerprint density at radius 2 is 2.50 bits per heavy atom. The molecule has 0 amide bonds. The summed E-state index contributed by atoms with van der Waals surface area (Å²) >= 11 is 1.95. The van der Waals surface area contributed by atoms with E-state index in [-0.39, 0.29) is 5.72 Å². The summed E-state index contributed by atoms with van der Waals surface area (Å²) in [5.41, 5.74) is 0.0602. The molecular weight excluding hydrogens is 146 g/mol. The fourth-order valence-electron chi connectivity index (χ4n) is 1.72. The van der Waals surface area contributed by atoms with Crippen molar-refractivity contribution in [1.29, 1.82) is 0 Å². The van der Waals surface area contributed by atoms with E-state index >= 15 is 0 Å². The van der Waals surface area contributed by atoms with Crippen molar-refractivity contribution in [1.82, 2.24) is 4.90 Å². The lowest BCUT2D eigenvalue weighted by Gasteiger charge is -2.29. The third-order valence-corrected chi connectivity index (χ3v) is 4.03. The maximum absolute atomic E-state index is 5.67. The number of fused-ring (bicyclic) bond motifs is 1. The van der Waals surface area contributed by atoms with Crippen LogP contribution in [-0.4, -0.2) is 35.4 Å². The van der Waals surface area contributed by atoms with Gasteiger partial charge in [0.1, 0.15) is 5.72 Å². The highest BCUT2D eigenvalue weighted by atomic mass is 32.2. The van der Waals surface area contributed by atoms with Gasteiger partial charge in [0.05, 0.1) is 11.2 Å². The van der Waals surface area contributed by atoms with Gasteiger partial charge in [-0.2, -0.15) is 0 Å². The molecule has 0 aromatic rings. The van der Waals surface area contributed by atoms with Crippen molar-refractivity contribution in [3.63, 3.8) is 0 Å². The number of thioether (sulfide) groups is 1. The van der Waals surface area contributed by atoms with Gasteiger partial charge in [-0.05, 0) is 20.4 Å². The first-order valence-electron chi connectivity index (χ1n) is 3.70. The second kappa shape index (κ2) is 2.13. The smallest absolute Gasteiger partial charge is 0.131 e. The van der Waals surface area contributed by atoms with Crippen LogP contribution in [0.15, 0.2) is 0 Å². The summed E-state index contributed by atoms with van der Waals surface area (Å²) in [6.07, 6.45) is 1.29. The van der Waals surface area contributed by atoms with E-state index in [2.05, 4.69) is 18.9 Å². The van der Waals surface area contributed by atoms with Crippen molar-refractivity contribution < 1.29 is 4.74 Å². The summed E-state index contributed by atoms with van der Waals surface area (Å²) < 4.78 is 5.67. The zero-order valence-electron chi connectivity index (χ0n) is 6.46.